The third-order valence-corrected chi connectivity index (χ3v) is 5.05. The van der Waals surface area contributed by atoms with Crippen LogP contribution in [0.4, 0.5) is 10.1 Å². The Morgan fingerprint density at radius 3 is 2.77 bits per heavy atom. The van der Waals surface area contributed by atoms with E-state index in [-0.39, 0.29) is 13.3 Å². The predicted octanol–water partition coefficient (Wildman–Crippen LogP) is 1.22. The van der Waals surface area contributed by atoms with Gasteiger partial charge < -0.3 is 9.64 Å². The lowest BCUT2D eigenvalue weighted by atomic mass is 10.1. The molecule has 10 nitrogen and oxygen atoms in total. The van der Waals surface area contributed by atoms with Crippen molar-refractivity contribution >= 4 is 15.8 Å². The summed E-state index contributed by atoms with van der Waals surface area (Å²) in [6, 6.07) is 8.31. The van der Waals surface area contributed by atoms with Crippen LogP contribution >= 0.6 is 0 Å². The van der Waals surface area contributed by atoms with Crippen molar-refractivity contribution in [1.82, 2.24) is 25.2 Å². The Labute approximate surface area is 172 Å². The number of hydrogen-bond acceptors (Lipinski definition) is 9. The van der Waals surface area contributed by atoms with Gasteiger partial charge in [-0.15, -0.1) is 10.2 Å². The topological polar surface area (TPSA) is 112 Å². The van der Waals surface area contributed by atoms with Crippen LogP contribution in [0.25, 0.3) is 22.6 Å². The van der Waals surface area contributed by atoms with Gasteiger partial charge in [-0.3, -0.25) is 9.17 Å². The monoisotopic (exact) mass is 434 g/mol. The van der Waals surface area contributed by atoms with Gasteiger partial charge in [0.1, 0.15) is 24.3 Å². The number of benzene rings is 1. The summed E-state index contributed by atoms with van der Waals surface area (Å²) in [5.41, 5.74) is 2.19. The number of hydrogen-bond donors (Lipinski definition) is 0. The molecule has 0 N–H and O–H groups in total. The molecule has 30 heavy (non-hydrogen) atoms. The van der Waals surface area contributed by atoms with Gasteiger partial charge in [-0.05, 0) is 29.5 Å². The average Bonchev–Trinajstić information content (AvgIpc) is 3.35. The molecule has 0 radical (unpaired) electrons. The lowest BCUT2D eigenvalue weighted by Crippen LogP contribution is -2.25. The molecule has 0 aliphatic carbocycles. The Bertz CT molecular complexity index is 1150. The van der Waals surface area contributed by atoms with E-state index in [9.17, 15) is 12.8 Å². The van der Waals surface area contributed by atoms with Gasteiger partial charge in [-0.2, -0.15) is 13.2 Å². The molecule has 1 aliphatic rings. The highest BCUT2D eigenvalue weighted by Crippen LogP contribution is 2.29. The van der Waals surface area contributed by atoms with E-state index in [1.165, 1.54) is 10.9 Å². The molecule has 4 rings (SSSR count). The van der Waals surface area contributed by atoms with Gasteiger partial charge >= 0.3 is 0 Å². The van der Waals surface area contributed by atoms with E-state index < -0.39 is 22.0 Å². The molecule has 0 amide bonds. The molecule has 1 fully saturated rings. The fourth-order valence-corrected chi connectivity index (χ4v) is 3.43. The molecule has 12 heteroatoms. The van der Waals surface area contributed by atoms with E-state index in [0.29, 0.717) is 34.9 Å². The van der Waals surface area contributed by atoms with Crippen molar-refractivity contribution in [2.24, 2.45) is 7.05 Å². The van der Waals surface area contributed by atoms with Crippen LogP contribution in [0.5, 0.6) is 0 Å². The maximum atomic E-state index is 14.8. The van der Waals surface area contributed by atoms with Gasteiger partial charge in [-0.1, -0.05) is 6.07 Å². The van der Waals surface area contributed by atoms with Gasteiger partial charge in [0.05, 0.1) is 19.9 Å². The Morgan fingerprint density at radius 1 is 1.30 bits per heavy atom. The largest absolute Gasteiger partial charge is 0.354 e. The SMILES string of the molecule is Cn1nnc(-c2ccc(-c3ccc(N4CO[C@@H](COS(C)(=O)=O)C4)cc3F)cn2)n1. The van der Waals surface area contributed by atoms with E-state index in [4.69, 9.17) is 8.92 Å². The van der Waals surface area contributed by atoms with Crippen LogP contribution < -0.4 is 4.90 Å². The first kappa shape index (κ1) is 20.3. The summed E-state index contributed by atoms with van der Waals surface area (Å²) >= 11 is 0. The van der Waals surface area contributed by atoms with Crippen molar-refractivity contribution in [3.05, 3.63) is 42.3 Å². The fourth-order valence-electron chi connectivity index (χ4n) is 3.03. The first-order valence-corrected chi connectivity index (χ1v) is 10.8. The van der Waals surface area contributed by atoms with Crippen LogP contribution in [0, 0.1) is 5.82 Å². The van der Waals surface area contributed by atoms with E-state index in [1.54, 1.807) is 37.5 Å². The fraction of sp³-hybridized carbons (Fsp3) is 0.333. The zero-order valence-corrected chi connectivity index (χ0v) is 17.1. The lowest BCUT2D eigenvalue weighted by molar-refractivity contribution is 0.0759. The van der Waals surface area contributed by atoms with Gasteiger partial charge in [0.25, 0.3) is 10.1 Å². The summed E-state index contributed by atoms with van der Waals surface area (Å²) in [6.45, 7) is 0.544. The number of halogens is 1. The third-order valence-electron chi connectivity index (χ3n) is 4.49. The first-order valence-electron chi connectivity index (χ1n) is 9.00. The highest BCUT2D eigenvalue weighted by Gasteiger charge is 2.25. The van der Waals surface area contributed by atoms with Crippen molar-refractivity contribution in [3.8, 4) is 22.6 Å². The number of nitrogens with zero attached hydrogens (tertiary/aromatic N) is 6. The Morgan fingerprint density at radius 2 is 2.13 bits per heavy atom. The smallest absolute Gasteiger partial charge is 0.264 e. The zero-order chi connectivity index (χ0) is 21.3. The van der Waals surface area contributed by atoms with Crippen molar-refractivity contribution in [2.45, 2.75) is 6.10 Å². The van der Waals surface area contributed by atoms with Crippen LogP contribution in [0.15, 0.2) is 36.5 Å². The van der Waals surface area contributed by atoms with E-state index in [0.717, 1.165) is 6.26 Å². The molecule has 2 aromatic heterocycles. The van der Waals surface area contributed by atoms with Crippen molar-refractivity contribution < 1.29 is 21.7 Å². The predicted molar refractivity (Wildman–Crippen MR) is 105 cm³/mol. The molecular formula is C18H19FN6O4S. The van der Waals surface area contributed by atoms with Crippen molar-refractivity contribution in [2.75, 3.05) is 31.0 Å². The number of rotatable bonds is 6. The molecule has 1 atom stereocenters. The van der Waals surface area contributed by atoms with E-state index in [2.05, 4.69) is 20.4 Å². The second-order valence-corrected chi connectivity index (χ2v) is 8.47. The van der Waals surface area contributed by atoms with Crippen LogP contribution in [0.1, 0.15) is 0 Å². The van der Waals surface area contributed by atoms with E-state index in [1.807, 2.05) is 4.90 Å². The Kier molecular flexibility index (Phi) is 5.45. The third kappa shape index (κ3) is 4.61. The van der Waals surface area contributed by atoms with Crippen molar-refractivity contribution in [1.29, 1.82) is 0 Å². The van der Waals surface area contributed by atoms with Gasteiger partial charge in [0.15, 0.2) is 0 Å². The molecule has 158 valence electrons. The minimum Gasteiger partial charge on any atom is -0.354 e. The number of pyridine rings is 1. The summed E-state index contributed by atoms with van der Waals surface area (Å²) in [4.78, 5) is 7.44. The van der Waals surface area contributed by atoms with Crippen LogP contribution in [-0.2, 0) is 26.1 Å². The second-order valence-electron chi connectivity index (χ2n) is 6.83. The van der Waals surface area contributed by atoms with Gasteiger partial charge in [0, 0.05) is 29.6 Å². The van der Waals surface area contributed by atoms with E-state index >= 15 is 0 Å². The molecule has 3 heterocycles. The highest BCUT2D eigenvalue weighted by atomic mass is 32.2. The van der Waals surface area contributed by atoms with Crippen LogP contribution in [0.3, 0.4) is 0 Å². The normalized spacial score (nSPS) is 16.9. The van der Waals surface area contributed by atoms with Gasteiger partial charge in [0.2, 0.25) is 5.82 Å². The van der Waals surface area contributed by atoms with Crippen LogP contribution in [-0.4, -0.2) is 65.9 Å². The minimum absolute atomic E-state index is 0.0748. The molecule has 1 saturated heterocycles. The highest BCUT2D eigenvalue weighted by molar-refractivity contribution is 7.85. The molecular weight excluding hydrogens is 415 g/mol. The van der Waals surface area contributed by atoms with Crippen molar-refractivity contribution in [3.63, 3.8) is 0 Å². The average molecular weight is 434 g/mol. The number of aryl methyl sites for hydroxylation is 1. The molecule has 1 aromatic carbocycles. The van der Waals surface area contributed by atoms with Crippen LogP contribution in [0.2, 0.25) is 0 Å². The minimum atomic E-state index is -3.53. The Hall–Kier alpha value is -2.96. The molecule has 1 aliphatic heterocycles. The lowest BCUT2D eigenvalue weighted by Gasteiger charge is -2.17. The number of tetrazole rings is 1. The molecule has 0 bridgehead atoms. The molecule has 0 saturated carbocycles. The number of aromatic nitrogens is 5. The maximum Gasteiger partial charge on any atom is 0.264 e. The first-order chi connectivity index (χ1) is 14.3. The number of anilines is 1. The van der Waals surface area contributed by atoms with Gasteiger partial charge in [-0.25, -0.2) is 4.39 Å². The Balaban J connectivity index is 1.46. The summed E-state index contributed by atoms with van der Waals surface area (Å²) in [6.07, 6.45) is 2.13. The molecule has 0 spiro atoms. The number of ether oxygens (including phenoxy) is 1. The molecule has 0 unspecified atom stereocenters. The standard InChI is InChI=1S/C18H19FN6O4S/c1-24-22-18(21-23-24)17-6-3-12(8-20-17)15-5-4-13(7-16(15)19)25-9-14(28-11-25)10-29-30(2,26)27/h3-8,14H,9-11H2,1-2H3/t14-/m1/s1. The second kappa shape index (κ2) is 8.05. The summed E-state index contributed by atoms with van der Waals surface area (Å²) in [7, 11) is -1.87. The zero-order valence-electron chi connectivity index (χ0n) is 16.3. The summed E-state index contributed by atoms with van der Waals surface area (Å²) in [5, 5.41) is 11.8. The maximum absolute atomic E-state index is 14.8. The summed E-state index contributed by atoms with van der Waals surface area (Å²) < 4.78 is 47.3. The summed E-state index contributed by atoms with van der Waals surface area (Å²) in [5.74, 6) is -0.0150. The quantitative estimate of drug-likeness (QED) is 0.529. The molecule has 3 aromatic rings.